The number of carbonyl (C=O) groups is 3. The Labute approximate surface area is 497 Å². The molecule has 88 heavy (non-hydrogen) atoms. The third-order valence-electron chi connectivity index (χ3n) is 15.6. The lowest BCUT2D eigenvalue weighted by Crippen LogP contribution is -2.65. The van der Waals surface area contributed by atoms with Crippen LogP contribution in [0.25, 0.3) is 0 Å². The molecule has 3 N–H and O–H groups in total. The quantitative estimate of drug-likeness (QED) is 0.0787. The fourth-order valence-corrected chi connectivity index (χ4v) is 11.0. The molecule has 0 spiro atoms. The van der Waals surface area contributed by atoms with E-state index in [1.807, 2.05) is 30.3 Å². The van der Waals surface area contributed by atoms with Crippen LogP contribution < -0.4 is 16.0 Å². The Kier molecular flexibility index (Phi) is 19.6. The second-order valence-corrected chi connectivity index (χ2v) is 21.7. The molecule has 2 aliphatic heterocycles. The molecular weight excluding hydrogens is 1180 g/mol. The summed E-state index contributed by atoms with van der Waals surface area (Å²) in [7, 11) is 0. The number of ether oxygens (including phenoxy) is 3. The number of hydrogen-bond acceptors (Lipinski definition) is 11. The van der Waals surface area contributed by atoms with Gasteiger partial charge in [0.15, 0.2) is 24.3 Å². The van der Waals surface area contributed by atoms with E-state index in [2.05, 4.69) is 25.9 Å². The van der Waals surface area contributed by atoms with Crippen LogP contribution in [-0.2, 0) is 77.3 Å². The van der Waals surface area contributed by atoms with Crippen LogP contribution in [0.5, 0.6) is 0 Å². The fraction of sp³-hybridized carbons (Fsp3) is 0.371. The topological polar surface area (TPSA) is 170 Å². The van der Waals surface area contributed by atoms with Crippen molar-refractivity contribution in [2.24, 2.45) is 0 Å². The van der Waals surface area contributed by atoms with Gasteiger partial charge in [0.1, 0.15) is 17.7 Å². The van der Waals surface area contributed by atoms with Crippen LogP contribution in [0.1, 0.15) is 127 Å². The highest BCUT2D eigenvalue weighted by Crippen LogP contribution is 2.48. The first kappa shape index (κ1) is 65.7. The van der Waals surface area contributed by atoms with Crippen molar-refractivity contribution in [3.63, 3.8) is 0 Å². The lowest BCUT2D eigenvalue weighted by atomic mass is 9.73. The van der Waals surface area contributed by atoms with Crippen LogP contribution >= 0.6 is 0 Å². The van der Waals surface area contributed by atoms with Crippen LogP contribution in [0.15, 0.2) is 161 Å². The van der Waals surface area contributed by atoms with Crippen molar-refractivity contribution in [1.82, 2.24) is 30.8 Å². The average Bonchev–Trinajstić information content (AvgIpc) is 0.976. The number of aromatic nitrogens is 2. The highest BCUT2D eigenvalue weighted by molar-refractivity contribution is 5.75. The molecule has 5 aromatic carbocycles. The van der Waals surface area contributed by atoms with E-state index in [9.17, 15) is 67.1 Å². The molecule has 4 heterocycles. The molecule has 2 aliphatic rings. The van der Waals surface area contributed by atoms with E-state index in [0.717, 1.165) is 5.56 Å². The summed E-state index contributed by atoms with van der Waals surface area (Å²) >= 11 is 0. The summed E-state index contributed by atoms with van der Waals surface area (Å²) in [5, 5.41) is 9.25. The van der Waals surface area contributed by atoms with Gasteiger partial charge in [-0.15, -0.1) is 0 Å². The van der Waals surface area contributed by atoms with E-state index >= 15 is 0 Å². The molecule has 2 fully saturated rings. The Morgan fingerprint density at radius 2 is 0.989 bits per heavy atom. The molecule has 3 amide bonds. The van der Waals surface area contributed by atoms with Crippen molar-refractivity contribution in [2.75, 3.05) is 26.3 Å². The molecule has 0 aliphatic carbocycles. The van der Waals surface area contributed by atoms with E-state index in [0.29, 0.717) is 54.0 Å². The largest absolute Gasteiger partial charge is 0.446 e. The molecular formula is C62H60F12N6O8. The maximum absolute atomic E-state index is 14.2. The molecule has 0 bridgehead atoms. The van der Waals surface area contributed by atoms with Gasteiger partial charge in [-0.25, -0.2) is 14.8 Å². The van der Waals surface area contributed by atoms with Gasteiger partial charge in [0.2, 0.25) is 11.8 Å². The van der Waals surface area contributed by atoms with Gasteiger partial charge >= 0.3 is 30.8 Å². The van der Waals surface area contributed by atoms with Gasteiger partial charge < -0.3 is 39.0 Å². The third-order valence-corrected chi connectivity index (χ3v) is 15.6. The van der Waals surface area contributed by atoms with E-state index < -0.39 is 93.3 Å². The summed E-state index contributed by atoms with van der Waals surface area (Å²) in [6.45, 7) is 4.90. The molecule has 470 valence electrons. The smallest absolute Gasteiger partial charge is 0.416 e. The Hall–Kier alpha value is -8.23. The number of alkyl halides is 12. The van der Waals surface area contributed by atoms with Gasteiger partial charge in [-0.2, -0.15) is 52.7 Å². The zero-order chi connectivity index (χ0) is 63.9. The van der Waals surface area contributed by atoms with Crippen molar-refractivity contribution in [3.05, 3.63) is 214 Å². The number of amides is 3. The maximum atomic E-state index is 14.2. The average molecular weight is 1250 g/mol. The van der Waals surface area contributed by atoms with Crippen LogP contribution in [0.2, 0.25) is 0 Å². The normalized spacial score (nSPS) is 21.5. The van der Waals surface area contributed by atoms with Crippen molar-refractivity contribution in [3.8, 4) is 0 Å². The molecule has 2 saturated heterocycles. The standard InChI is InChI=1S/C35H33F6N3O5.C27H27F6N3O3/c1-23(26-15-28(34(36,37)38)17-29(16-26)35(39,40)41)48-21-33(27-11-7-4-8-12-27)14-13-32(43-24(2)45,30-18-42-22-49-30)20-44(33)31(46)47-19-25-9-5-3-6-10-25;1-17(19-10-21(26(28,29)30)12-22(11-19)27(31,32)33)38-15-25(20-6-4-3-5-7-20)9-8-24(14-35-25,36-18(2)37)23-13-34-16-39-23/h3-12,15-18,22-23H,13-14,19-21H2,1-2H3,(H,43,45);3-7,10-13,16-17,35H,8-9,14-15H2,1-2H3,(H,36,37)/t23-,32?,33-;17-,24?,25-/m11/s1. The SMILES string of the molecule is CC(=O)NC1(c2cnco2)CC[C@@](CO[C@H](C)c2cc(C(F)(F)F)cc(C(F)(F)F)c2)(c2ccccc2)N(C(=O)OCc2ccccc2)C1.CC(=O)NC1(c2cnco2)CC[C@@](CO[C@H](C)c2cc(C(F)(F)F)cc(C(F)(F)F)c2)(c2ccccc2)NC1. The molecule has 6 atom stereocenters. The summed E-state index contributed by atoms with van der Waals surface area (Å²) in [5.41, 5.74) is -8.66. The number of nitrogens with zero attached hydrogens (tertiary/aromatic N) is 3. The van der Waals surface area contributed by atoms with Crippen LogP contribution in [-0.4, -0.2) is 59.1 Å². The second-order valence-electron chi connectivity index (χ2n) is 21.7. The molecule has 26 heteroatoms. The zero-order valence-corrected chi connectivity index (χ0v) is 47.6. The van der Waals surface area contributed by atoms with Crippen LogP contribution in [0, 0.1) is 0 Å². The minimum absolute atomic E-state index is 0.0540. The first-order valence-electron chi connectivity index (χ1n) is 27.4. The zero-order valence-electron chi connectivity index (χ0n) is 47.6. The molecule has 2 aromatic heterocycles. The lowest BCUT2D eigenvalue weighted by molar-refractivity contribution is -0.145. The number of hydrogen-bond donors (Lipinski definition) is 3. The minimum atomic E-state index is -5.04. The fourth-order valence-electron chi connectivity index (χ4n) is 11.0. The second kappa shape index (κ2) is 26.2. The summed E-state index contributed by atoms with van der Waals surface area (Å²) in [4.78, 5) is 48.0. The summed E-state index contributed by atoms with van der Waals surface area (Å²) in [6, 6.07) is 29.4. The number of piperidine rings is 2. The highest BCUT2D eigenvalue weighted by Gasteiger charge is 2.55. The van der Waals surface area contributed by atoms with Gasteiger partial charge in [-0.3, -0.25) is 14.5 Å². The minimum Gasteiger partial charge on any atom is -0.446 e. The van der Waals surface area contributed by atoms with Crippen molar-refractivity contribution in [2.45, 2.75) is 119 Å². The number of rotatable bonds is 16. The number of oxazole rings is 2. The molecule has 0 saturated carbocycles. The predicted molar refractivity (Wildman–Crippen MR) is 292 cm³/mol. The number of likely N-dealkylation sites (tertiary alicyclic amines) is 1. The van der Waals surface area contributed by atoms with Crippen molar-refractivity contribution in [1.29, 1.82) is 0 Å². The molecule has 0 radical (unpaired) electrons. The van der Waals surface area contributed by atoms with Gasteiger partial charge in [0, 0.05) is 20.4 Å². The first-order valence-corrected chi connectivity index (χ1v) is 27.4. The van der Waals surface area contributed by atoms with Gasteiger partial charge in [-0.1, -0.05) is 91.0 Å². The Balaban J connectivity index is 0.000000234. The molecule has 2 unspecified atom stereocenters. The van der Waals surface area contributed by atoms with Crippen LogP contribution in [0.3, 0.4) is 0 Å². The Morgan fingerprint density at radius 3 is 1.41 bits per heavy atom. The number of carbonyl (C=O) groups excluding carboxylic acids is 3. The first-order chi connectivity index (χ1) is 41.4. The predicted octanol–water partition coefficient (Wildman–Crippen LogP) is 14.2. The summed E-state index contributed by atoms with van der Waals surface area (Å²) < 4.78 is 191. The van der Waals surface area contributed by atoms with Gasteiger partial charge in [-0.05, 0) is 104 Å². The molecule has 14 nitrogen and oxygen atoms in total. The Morgan fingerprint density at radius 1 is 0.568 bits per heavy atom. The Bertz CT molecular complexity index is 3390. The van der Waals surface area contributed by atoms with Crippen molar-refractivity contribution >= 4 is 17.9 Å². The summed E-state index contributed by atoms with van der Waals surface area (Å²) in [6.07, 6.45) is -16.7. The highest BCUT2D eigenvalue weighted by atomic mass is 19.4. The summed E-state index contributed by atoms with van der Waals surface area (Å²) in [5.74, 6) is 0.0133. The van der Waals surface area contributed by atoms with Crippen LogP contribution in [0.4, 0.5) is 57.5 Å². The van der Waals surface area contributed by atoms with E-state index in [4.69, 9.17) is 23.0 Å². The number of halogens is 12. The number of benzene rings is 5. The molecule has 7 aromatic rings. The van der Waals surface area contributed by atoms with E-state index in [-0.39, 0.29) is 80.7 Å². The van der Waals surface area contributed by atoms with E-state index in [1.54, 1.807) is 60.7 Å². The number of nitrogens with one attached hydrogen (secondary N) is 3. The van der Waals surface area contributed by atoms with Crippen molar-refractivity contribution < 1.29 is 90.1 Å². The molecule has 9 rings (SSSR count). The van der Waals surface area contributed by atoms with E-state index in [1.165, 1.54) is 57.8 Å². The van der Waals surface area contributed by atoms with Gasteiger partial charge in [0.25, 0.3) is 0 Å². The third kappa shape index (κ3) is 15.4. The van der Waals surface area contributed by atoms with Gasteiger partial charge in [0.05, 0.1) is 77.7 Å². The maximum Gasteiger partial charge on any atom is 0.416 e. The lowest BCUT2D eigenvalue weighted by Gasteiger charge is -2.52. The monoisotopic (exact) mass is 1240 g/mol.